The van der Waals surface area contributed by atoms with Gasteiger partial charge in [0.15, 0.2) is 5.69 Å². The molecule has 1 fully saturated rings. The first kappa shape index (κ1) is 9.21. The van der Waals surface area contributed by atoms with Gasteiger partial charge in [-0.2, -0.15) is 0 Å². The summed E-state index contributed by atoms with van der Waals surface area (Å²) in [7, 11) is 0. The Morgan fingerprint density at radius 1 is 1.50 bits per heavy atom. The smallest absolute Gasteiger partial charge is 0.356 e. The second kappa shape index (κ2) is 3.79. The molecule has 14 heavy (non-hydrogen) atoms. The number of aromatic carboxylic acids is 1. The summed E-state index contributed by atoms with van der Waals surface area (Å²) < 4.78 is 1.81. The summed E-state index contributed by atoms with van der Waals surface area (Å²) in [6, 6.07) is 0. The van der Waals surface area contributed by atoms with Crippen molar-refractivity contribution in [1.29, 1.82) is 0 Å². The Morgan fingerprint density at radius 2 is 2.21 bits per heavy atom. The number of nitrogens with zero attached hydrogens (tertiary/aromatic N) is 3. The van der Waals surface area contributed by atoms with Crippen LogP contribution in [0.2, 0.25) is 0 Å². The van der Waals surface area contributed by atoms with Crippen LogP contribution in [-0.2, 0) is 6.67 Å². The normalized spacial score (nSPS) is 17.4. The number of hydrogen-bond donors (Lipinski definition) is 1. The fourth-order valence-corrected chi connectivity index (χ4v) is 1.70. The maximum atomic E-state index is 10.6. The topological polar surface area (TPSA) is 58.4 Å². The van der Waals surface area contributed by atoms with Gasteiger partial charge < -0.3 is 9.67 Å². The summed E-state index contributed by atoms with van der Waals surface area (Å²) >= 11 is 0. The van der Waals surface area contributed by atoms with Gasteiger partial charge >= 0.3 is 5.97 Å². The molecule has 1 aliphatic heterocycles. The molecule has 0 atom stereocenters. The lowest BCUT2D eigenvalue weighted by Crippen LogP contribution is -2.21. The highest BCUT2D eigenvalue weighted by Crippen LogP contribution is 2.08. The number of carboxylic acids is 1. The molecule has 1 aliphatic rings. The van der Waals surface area contributed by atoms with Gasteiger partial charge in [-0.3, -0.25) is 4.90 Å². The fourth-order valence-electron chi connectivity index (χ4n) is 1.70. The Kier molecular flexibility index (Phi) is 2.49. The van der Waals surface area contributed by atoms with E-state index in [1.54, 1.807) is 12.5 Å². The van der Waals surface area contributed by atoms with Crippen molar-refractivity contribution < 1.29 is 9.90 Å². The number of aromatic nitrogens is 2. The van der Waals surface area contributed by atoms with Crippen molar-refractivity contribution in [2.45, 2.75) is 19.5 Å². The van der Waals surface area contributed by atoms with E-state index in [-0.39, 0.29) is 5.69 Å². The molecule has 1 aromatic heterocycles. The van der Waals surface area contributed by atoms with Gasteiger partial charge in [0.2, 0.25) is 0 Å². The number of imidazole rings is 1. The van der Waals surface area contributed by atoms with E-state index in [1.807, 2.05) is 4.57 Å². The predicted molar refractivity (Wildman–Crippen MR) is 50.0 cm³/mol. The van der Waals surface area contributed by atoms with Crippen LogP contribution in [-0.4, -0.2) is 38.6 Å². The Balaban J connectivity index is 1.98. The fraction of sp³-hybridized carbons (Fsp3) is 0.556. The van der Waals surface area contributed by atoms with Crippen LogP contribution in [0, 0.1) is 0 Å². The van der Waals surface area contributed by atoms with Crippen LogP contribution in [0.15, 0.2) is 12.5 Å². The molecule has 5 heteroatoms. The molecular formula is C9H13N3O2. The maximum Gasteiger partial charge on any atom is 0.356 e. The first-order chi connectivity index (χ1) is 6.75. The maximum absolute atomic E-state index is 10.6. The van der Waals surface area contributed by atoms with E-state index in [0.29, 0.717) is 0 Å². The van der Waals surface area contributed by atoms with Crippen LogP contribution in [0.3, 0.4) is 0 Å². The summed E-state index contributed by atoms with van der Waals surface area (Å²) in [5.41, 5.74) is 0.115. The zero-order valence-electron chi connectivity index (χ0n) is 7.89. The molecule has 0 aromatic carbocycles. The van der Waals surface area contributed by atoms with Crippen LogP contribution in [0.4, 0.5) is 0 Å². The molecule has 0 unspecified atom stereocenters. The minimum atomic E-state index is -0.967. The van der Waals surface area contributed by atoms with Gasteiger partial charge in [-0.15, -0.1) is 0 Å². The van der Waals surface area contributed by atoms with Gasteiger partial charge in [-0.25, -0.2) is 9.78 Å². The van der Waals surface area contributed by atoms with Gasteiger partial charge in [-0.05, 0) is 25.9 Å². The first-order valence-electron chi connectivity index (χ1n) is 4.73. The van der Waals surface area contributed by atoms with Crippen LogP contribution < -0.4 is 0 Å². The van der Waals surface area contributed by atoms with Crippen molar-refractivity contribution in [1.82, 2.24) is 14.5 Å². The van der Waals surface area contributed by atoms with Gasteiger partial charge in [0.1, 0.15) is 0 Å². The summed E-state index contributed by atoms with van der Waals surface area (Å²) in [5, 5.41) is 8.67. The number of rotatable bonds is 3. The number of likely N-dealkylation sites (tertiary alicyclic amines) is 1. The highest BCUT2D eigenvalue weighted by atomic mass is 16.4. The van der Waals surface area contributed by atoms with Crippen molar-refractivity contribution >= 4 is 5.97 Å². The number of carbonyl (C=O) groups is 1. The van der Waals surface area contributed by atoms with Crippen LogP contribution in [0.5, 0.6) is 0 Å². The first-order valence-corrected chi connectivity index (χ1v) is 4.73. The number of hydrogen-bond acceptors (Lipinski definition) is 3. The lowest BCUT2D eigenvalue weighted by atomic mass is 10.4. The summed E-state index contributed by atoms with van der Waals surface area (Å²) in [5.74, 6) is -0.967. The van der Waals surface area contributed by atoms with Crippen LogP contribution in [0.25, 0.3) is 0 Å². The van der Waals surface area contributed by atoms with E-state index in [1.165, 1.54) is 12.8 Å². The van der Waals surface area contributed by atoms with E-state index in [0.717, 1.165) is 19.8 Å². The molecule has 0 aliphatic carbocycles. The van der Waals surface area contributed by atoms with Crippen LogP contribution >= 0.6 is 0 Å². The molecule has 0 bridgehead atoms. The summed E-state index contributed by atoms with van der Waals surface area (Å²) in [6.07, 6.45) is 5.61. The molecule has 0 radical (unpaired) electrons. The Morgan fingerprint density at radius 3 is 2.79 bits per heavy atom. The molecule has 0 amide bonds. The molecular weight excluding hydrogens is 182 g/mol. The minimum absolute atomic E-state index is 0.115. The third kappa shape index (κ3) is 1.93. The molecule has 1 N–H and O–H groups in total. The lowest BCUT2D eigenvalue weighted by Gasteiger charge is -2.14. The third-order valence-corrected chi connectivity index (χ3v) is 2.41. The van der Waals surface area contributed by atoms with Gasteiger partial charge in [0.25, 0.3) is 0 Å². The zero-order chi connectivity index (χ0) is 9.97. The summed E-state index contributed by atoms with van der Waals surface area (Å²) in [4.78, 5) is 16.6. The highest BCUT2D eigenvalue weighted by Gasteiger charge is 2.12. The number of carboxylic acid groups (broad SMARTS) is 1. The molecule has 0 saturated carbocycles. The molecule has 2 rings (SSSR count). The standard InChI is InChI=1S/C9H13N3O2/c13-9(14)8-5-12(6-10-8)7-11-3-1-2-4-11/h5-6H,1-4,7H2,(H,13,14). The van der Waals surface area contributed by atoms with Crippen LogP contribution in [0.1, 0.15) is 23.3 Å². The van der Waals surface area contributed by atoms with Crippen molar-refractivity contribution in [2.75, 3.05) is 13.1 Å². The Bertz CT molecular complexity index is 329. The second-order valence-electron chi connectivity index (χ2n) is 3.54. The van der Waals surface area contributed by atoms with Gasteiger partial charge in [-0.1, -0.05) is 0 Å². The largest absolute Gasteiger partial charge is 0.476 e. The van der Waals surface area contributed by atoms with Gasteiger partial charge in [0.05, 0.1) is 13.0 Å². The molecule has 0 spiro atoms. The average molecular weight is 195 g/mol. The highest BCUT2D eigenvalue weighted by molar-refractivity contribution is 5.84. The van der Waals surface area contributed by atoms with E-state index < -0.39 is 5.97 Å². The average Bonchev–Trinajstić information content (AvgIpc) is 2.75. The Labute approximate surface area is 82.0 Å². The van der Waals surface area contributed by atoms with Crippen molar-refractivity contribution in [3.8, 4) is 0 Å². The van der Waals surface area contributed by atoms with E-state index in [9.17, 15) is 4.79 Å². The third-order valence-electron chi connectivity index (χ3n) is 2.41. The predicted octanol–water partition coefficient (Wildman–Crippen LogP) is 0.635. The molecule has 5 nitrogen and oxygen atoms in total. The van der Waals surface area contributed by atoms with Crippen molar-refractivity contribution in [3.05, 3.63) is 18.2 Å². The molecule has 2 heterocycles. The monoisotopic (exact) mass is 195 g/mol. The zero-order valence-corrected chi connectivity index (χ0v) is 7.89. The lowest BCUT2D eigenvalue weighted by molar-refractivity contribution is 0.0691. The molecule has 1 saturated heterocycles. The van der Waals surface area contributed by atoms with E-state index in [4.69, 9.17) is 5.11 Å². The second-order valence-corrected chi connectivity index (χ2v) is 3.54. The minimum Gasteiger partial charge on any atom is -0.476 e. The Hall–Kier alpha value is -1.36. The van der Waals surface area contributed by atoms with E-state index in [2.05, 4.69) is 9.88 Å². The van der Waals surface area contributed by atoms with Crippen molar-refractivity contribution in [3.63, 3.8) is 0 Å². The van der Waals surface area contributed by atoms with Gasteiger partial charge in [0, 0.05) is 6.20 Å². The van der Waals surface area contributed by atoms with Crippen molar-refractivity contribution in [2.24, 2.45) is 0 Å². The summed E-state index contributed by atoms with van der Waals surface area (Å²) in [6.45, 7) is 2.95. The molecule has 1 aromatic rings. The van der Waals surface area contributed by atoms with E-state index >= 15 is 0 Å². The quantitative estimate of drug-likeness (QED) is 0.768. The SMILES string of the molecule is O=C(O)c1cn(CN2CCCC2)cn1. The molecule has 76 valence electrons.